The third kappa shape index (κ3) is 3.28. The Balaban J connectivity index is 1.93. The summed E-state index contributed by atoms with van der Waals surface area (Å²) in [6.07, 6.45) is -1.58. The molecule has 7 heteroatoms. The maximum atomic E-state index is 12.9. The molecule has 1 heterocycles. The summed E-state index contributed by atoms with van der Waals surface area (Å²) in [6.45, 7) is 3.35. The number of hydrogen-bond donors (Lipinski definition) is 1. The normalized spacial score (nSPS) is 14.6. The Kier molecular flexibility index (Phi) is 3.71. The first-order chi connectivity index (χ1) is 10.9. The molecule has 1 saturated carbocycles. The van der Waals surface area contributed by atoms with Crippen LogP contribution in [0.25, 0.3) is 5.69 Å². The largest absolute Gasteiger partial charge is 0.435 e. The van der Waals surface area contributed by atoms with E-state index in [-0.39, 0.29) is 11.8 Å². The lowest BCUT2D eigenvalue weighted by Gasteiger charge is -2.08. The highest BCUT2D eigenvalue weighted by Gasteiger charge is 2.38. The molecule has 23 heavy (non-hydrogen) atoms. The van der Waals surface area contributed by atoms with Gasteiger partial charge < -0.3 is 5.32 Å². The molecule has 1 N–H and O–H groups in total. The van der Waals surface area contributed by atoms with Gasteiger partial charge in [-0.05, 0) is 49.2 Å². The number of rotatable bonds is 4. The molecule has 0 spiro atoms. The van der Waals surface area contributed by atoms with Crippen molar-refractivity contribution >= 4 is 11.6 Å². The molecule has 4 nitrogen and oxygen atoms in total. The molecule has 0 saturated heterocycles. The number of nitrogens with one attached hydrogen (secondary N) is 1. The first kappa shape index (κ1) is 15.3. The summed E-state index contributed by atoms with van der Waals surface area (Å²) in [5, 5.41) is 6.29. The van der Waals surface area contributed by atoms with Crippen molar-refractivity contribution in [3.05, 3.63) is 54.4 Å². The molecule has 0 atom stereocenters. The fourth-order valence-corrected chi connectivity index (χ4v) is 2.29. The molecule has 1 fully saturated rings. The standard InChI is InChI=1S/C16H14F3N3O/c1-2-15(23)20-11-5-7-12(8-6-11)22-13(10-3-4-10)9-14(21-22)16(17,18)19/h2,5-10H,1,3-4H2,(H,20,23). The number of nitrogens with zero attached hydrogens (tertiary/aromatic N) is 2. The van der Waals surface area contributed by atoms with Crippen molar-refractivity contribution in [2.45, 2.75) is 24.9 Å². The minimum absolute atomic E-state index is 0.124. The zero-order valence-electron chi connectivity index (χ0n) is 12.1. The van der Waals surface area contributed by atoms with Gasteiger partial charge in [-0.25, -0.2) is 4.68 Å². The van der Waals surface area contributed by atoms with Crippen LogP contribution in [0.15, 0.2) is 43.0 Å². The van der Waals surface area contributed by atoms with Gasteiger partial charge in [-0.2, -0.15) is 18.3 Å². The van der Waals surface area contributed by atoms with Gasteiger partial charge in [-0.3, -0.25) is 4.79 Å². The van der Waals surface area contributed by atoms with Crippen LogP contribution in [0.4, 0.5) is 18.9 Å². The van der Waals surface area contributed by atoms with Crippen molar-refractivity contribution in [3.63, 3.8) is 0 Å². The number of alkyl halides is 3. The van der Waals surface area contributed by atoms with E-state index in [1.807, 2.05) is 0 Å². The summed E-state index contributed by atoms with van der Waals surface area (Å²) in [4.78, 5) is 11.2. The maximum Gasteiger partial charge on any atom is 0.435 e. The second kappa shape index (κ2) is 5.57. The third-order valence-electron chi connectivity index (χ3n) is 3.59. The molecule has 0 aliphatic heterocycles. The van der Waals surface area contributed by atoms with Gasteiger partial charge in [0.25, 0.3) is 0 Å². The van der Waals surface area contributed by atoms with Crippen molar-refractivity contribution < 1.29 is 18.0 Å². The van der Waals surface area contributed by atoms with Gasteiger partial charge in [0.2, 0.25) is 5.91 Å². The SMILES string of the molecule is C=CC(=O)Nc1ccc(-n2nc(C(F)(F)F)cc2C2CC2)cc1. The average Bonchev–Trinajstić information content (AvgIpc) is 3.25. The summed E-state index contributed by atoms with van der Waals surface area (Å²) < 4.78 is 40.0. The van der Waals surface area contributed by atoms with E-state index >= 15 is 0 Å². The van der Waals surface area contributed by atoms with Crippen molar-refractivity contribution in [1.29, 1.82) is 0 Å². The molecule has 1 aliphatic rings. The first-order valence-corrected chi connectivity index (χ1v) is 7.09. The van der Waals surface area contributed by atoms with E-state index in [4.69, 9.17) is 0 Å². The number of anilines is 1. The van der Waals surface area contributed by atoms with Crippen molar-refractivity contribution in [1.82, 2.24) is 9.78 Å². The van der Waals surface area contributed by atoms with Gasteiger partial charge >= 0.3 is 6.18 Å². The minimum atomic E-state index is -4.47. The molecule has 1 aliphatic carbocycles. The van der Waals surface area contributed by atoms with Crippen LogP contribution in [-0.4, -0.2) is 15.7 Å². The van der Waals surface area contributed by atoms with E-state index in [1.54, 1.807) is 24.3 Å². The number of benzene rings is 1. The van der Waals surface area contributed by atoms with Crippen molar-refractivity contribution in [2.75, 3.05) is 5.32 Å². The van der Waals surface area contributed by atoms with Gasteiger partial charge in [-0.15, -0.1) is 0 Å². The Morgan fingerprint density at radius 3 is 2.48 bits per heavy atom. The number of carbonyl (C=O) groups excluding carboxylic acids is 1. The molecule has 1 aromatic heterocycles. The van der Waals surface area contributed by atoms with Crippen molar-refractivity contribution in [3.8, 4) is 5.69 Å². The molecule has 0 radical (unpaired) electrons. The molecule has 0 bridgehead atoms. The molecule has 3 rings (SSSR count). The lowest BCUT2D eigenvalue weighted by Crippen LogP contribution is -2.09. The average molecular weight is 321 g/mol. The Labute approximate surface area is 130 Å². The highest BCUT2D eigenvalue weighted by molar-refractivity contribution is 5.98. The molecule has 120 valence electrons. The van der Waals surface area contributed by atoms with E-state index in [0.717, 1.165) is 25.0 Å². The molecule has 2 aromatic rings. The van der Waals surface area contributed by atoms with E-state index in [2.05, 4.69) is 17.0 Å². The van der Waals surface area contributed by atoms with Crippen molar-refractivity contribution in [2.24, 2.45) is 0 Å². The topological polar surface area (TPSA) is 46.9 Å². The van der Waals surface area contributed by atoms with Crippen LogP contribution in [0, 0.1) is 0 Å². The third-order valence-corrected chi connectivity index (χ3v) is 3.59. The zero-order chi connectivity index (χ0) is 16.6. The maximum absolute atomic E-state index is 12.9. The Morgan fingerprint density at radius 2 is 1.96 bits per heavy atom. The Hall–Kier alpha value is -2.57. The fraction of sp³-hybridized carbons (Fsp3) is 0.250. The summed E-state index contributed by atoms with van der Waals surface area (Å²) in [5.41, 5.74) is 0.748. The highest BCUT2D eigenvalue weighted by atomic mass is 19.4. The number of amides is 1. The Bertz CT molecular complexity index is 743. The lowest BCUT2D eigenvalue weighted by molar-refractivity contribution is -0.141. The summed E-state index contributed by atoms with van der Waals surface area (Å²) >= 11 is 0. The van der Waals surface area contributed by atoms with Crippen LogP contribution >= 0.6 is 0 Å². The van der Waals surface area contributed by atoms with Crippen LogP contribution in [0.2, 0.25) is 0 Å². The zero-order valence-corrected chi connectivity index (χ0v) is 12.1. The number of carbonyl (C=O) groups is 1. The number of aromatic nitrogens is 2. The van der Waals surface area contributed by atoms with Crippen LogP contribution in [0.3, 0.4) is 0 Å². The van der Waals surface area contributed by atoms with Gasteiger partial charge in [-0.1, -0.05) is 6.58 Å². The summed E-state index contributed by atoms with van der Waals surface area (Å²) in [7, 11) is 0. The molecule has 1 amide bonds. The first-order valence-electron chi connectivity index (χ1n) is 7.09. The molecule has 0 unspecified atom stereocenters. The van der Waals surface area contributed by atoms with E-state index in [9.17, 15) is 18.0 Å². The van der Waals surface area contributed by atoms with Crippen LogP contribution < -0.4 is 5.32 Å². The minimum Gasteiger partial charge on any atom is -0.323 e. The predicted octanol–water partition coefficient (Wildman–Crippen LogP) is 3.89. The van der Waals surface area contributed by atoms with Crippen LogP contribution in [0.1, 0.15) is 30.1 Å². The van der Waals surface area contributed by atoms with E-state index in [0.29, 0.717) is 17.1 Å². The number of hydrogen-bond acceptors (Lipinski definition) is 2. The monoisotopic (exact) mass is 321 g/mol. The van der Waals surface area contributed by atoms with Crippen LogP contribution in [0.5, 0.6) is 0 Å². The lowest BCUT2D eigenvalue weighted by atomic mass is 10.2. The molecule has 1 aromatic carbocycles. The Morgan fingerprint density at radius 1 is 1.30 bits per heavy atom. The van der Waals surface area contributed by atoms with Gasteiger partial charge in [0.1, 0.15) is 0 Å². The smallest absolute Gasteiger partial charge is 0.323 e. The van der Waals surface area contributed by atoms with Gasteiger partial charge in [0, 0.05) is 17.3 Å². The molecular weight excluding hydrogens is 307 g/mol. The molecular formula is C16H14F3N3O. The fourth-order valence-electron chi connectivity index (χ4n) is 2.29. The van der Waals surface area contributed by atoms with Gasteiger partial charge in [0.05, 0.1) is 5.69 Å². The second-order valence-corrected chi connectivity index (χ2v) is 5.38. The summed E-state index contributed by atoms with van der Waals surface area (Å²) in [5.74, 6) is -0.228. The van der Waals surface area contributed by atoms with E-state index in [1.165, 1.54) is 4.68 Å². The summed E-state index contributed by atoms with van der Waals surface area (Å²) in [6, 6.07) is 7.59. The van der Waals surface area contributed by atoms with Gasteiger partial charge in [0.15, 0.2) is 5.69 Å². The quantitative estimate of drug-likeness (QED) is 0.868. The second-order valence-electron chi connectivity index (χ2n) is 5.38. The highest BCUT2D eigenvalue weighted by Crippen LogP contribution is 2.42. The number of halogens is 3. The van der Waals surface area contributed by atoms with Crippen LogP contribution in [-0.2, 0) is 11.0 Å². The van der Waals surface area contributed by atoms with E-state index < -0.39 is 11.9 Å². The predicted molar refractivity (Wildman–Crippen MR) is 79.4 cm³/mol.